The Kier molecular flexibility index (Phi) is 5.03. The Bertz CT molecular complexity index is 654. The van der Waals surface area contributed by atoms with E-state index < -0.39 is 7.92 Å². The van der Waals surface area contributed by atoms with Gasteiger partial charge in [-0.1, -0.05) is 0 Å². The molecule has 2 aromatic rings. The van der Waals surface area contributed by atoms with E-state index in [2.05, 4.69) is 91.9 Å². The van der Waals surface area contributed by atoms with Gasteiger partial charge >= 0.3 is 134 Å². The first kappa shape index (κ1) is 15.0. The summed E-state index contributed by atoms with van der Waals surface area (Å²) in [5, 5.41) is 4.57. The van der Waals surface area contributed by atoms with Crippen LogP contribution in [0.15, 0.2) is 95.9 Å². The van der Waals surface area contributed by atoms with Crippen LogP contribution in [0, 0.1) is 0 Å². The van der Waals surface area contributed by atoms with Gasteiger partial charge in [0.05, 0.1) is 0 Å². The number of hydrogen-bond donors (Lipinski definition) is 0. The van der Waals surface area contributed by atoms with Gasteiger partial charge in [0.25, 0.3) is 0 Å². The first-order valence-electron chi connectivity index (χ1n) is 8.06. The van der Waals surface area contributed by atoms with E-state index in [9.17, 15) is 0 Å². The van der Waals surface area contributed by atoms with Crippen molar-refractivity contribution in [1.82, 2.24) is 0 Å². The number of benzene rings is 2. The molecule has 0 saturated carbocycles. The number of allylic oxidation sites excluding steroid dienone is 6. The van der Waals surface area contributed by atoms with Crippen LogP contribution in [0.1, 0.15) is 19.8 Å². The van der Waals surface area contributed by atoms with Gasteiger partial charge in [-0.2, -0.15) is 0 Å². The molecule has 0 spiro atoms. The molecule has 0 radical (unpaired) electrons. The predicted octanol–water partition coefficient (Wildman–Crippen LogP) is 4.76. The first-order chi connectivity index (χ1) is 10.9. The van der Waals surface area contributed by atoms with Gasteiger partial charge in [-0.3, -0.25) is 0 Å². The van der Waals surface area contributed by atoms with Gasteiger partial charge in [-0.05, 0) is 0 Å². The minimum absolute atomic E-state index is 1.07. The van der Waals surface area contributed by atoms with E-state index >= 15 is 0 Å². The molecule has 0 nitrogen and oxygen atoms in total. The summed E-state index contributed by atoms with van der Waals surface area (Å²) < 4.78 is 0. The quantitative estimate of drug-likeness (QED) is 0.714. The molecule has 112 valence electrons. The Morgan fingerprint density at radius 3 is 2.05 bits per heavy atom. The van der Waals surface area contributed by atoms with Gasteiger partial charge in [0, 0.05) is 0 Å². The molecule has 0 aliphatic heterocycles. The SMILES string of the molecule is CCC=C1CC=CC=C1[PH2](c1ccccc1)c1ccccc1. The molecule has 1 heteroatoms. The van der Waals surface area contributed by atoms with Crippen molar-refractivity contribution in [2.45, 2.75) is 19.8 Å². The molecule has 0 unspecified atom stereocenters. The summed E-state index contributed by atoms with van der Waals surface area (Å²) in [4.78, 5) is 0. The molecule has 2 aromatic carbocycles. The standard InChI is InChI=1S/C21H23P/c1-2-11-18-12-9-10-17-21(18)22(19-13-5-3-6-14-19)20-15-7-4-8-16-20/h3-11,13-17H,2,12,22H2,1H3. The molecule has 0 N–H and O–H groups in total. The second-order valence-corrected chi connectivity index (χ2v) is 8.47. The van der Waals surface area contributed by atoms with Crippen molar-refractivity contribution in [3.63, 3.8) is 0 Å². The molecular formula is C21H23P. The molecule has 22 heavy (non-hydrogen) atoms. The van der Waals surface area contributed by atoms with E-state index in [1.54, 1.807) is 5.31 Å². The van der Waals surface area contributed by atoms with Gasteiger partial charge in [0.15, 0.2) is 0 Å². The van der Waals surface area contributed by atoms with Gasteiger partial charge in [-0.25, -0.2) is 0 Å². The number of rotatable bonds is 4. The third-order valence-corrected chi connectivity index (χ3v) is 7.44. The summed E-state index contributed by atoms with van der Waals surface area (Å²) in [6.07, 6.45) is 11.4. The van der Waals surface area contributed by atoms with Crippen molar-refractivity contribution in [2.24, 2.45) is 0 Å². The van der Waals surface area contributed by atoms with E-state index in [4.69, 9.17) is 0 Å². The van der Waals surface area contributed by atoms with Crippen LogP contribution < -0.4 is 10.6 Å². The van der Waals surface area contributed by atoms with Crippen molar-refractivity contribution < 1.29 is 0 Å². The van der Waals surface area contributed by atoms with E-state index in [0.29, 0.717) is 0 Å². The van der Waals surface area contributed by atoms with Crippen molar-refractivity contribution in [3.05, 3.63) is 95.9 Å². The topological polar surface area (TPSA) is 0 Å². The van der Waals surface area contributed by atoms with E-state index in [1.807, 2.05) is 0 Å². The van der Waals surface area contributed by atoms with Crippen LogP contribution in [0.2, 0.25) is 0 Å². The normalized spacial score (nSPS) is 16.5. The van der Waals surface area contributed by atoms with Crippen LogP contribution in [0.3, 0.4) is 0 Å². The van der Waals surface area contributed by atoms with Gasteiger partial charge in [0.2, 0.25) is 0 Å². The predicted molar refractivity (Wildman–Crippen MR) is 102 cm³/mol. The zero-order valence-electron chi connectivity index (χ0n) is 13.1. The fraction of sp³-hybridized carbons (Fsp3) is 0.143. The monoisotopic (exact) mass is 306 g/mol. The first-order valence-corrected chi connectivity index (χ1v) is 9.79. The molecule has 0 fully saturated rings. The third-order valence-electron chi connectivity index (χ3n) is 4.15. The molecule has 0 bridgehead atoms. The van der Waals surface area contributed by atoms with Crippen molar-refractivity contribution in [3.8, 4) is 0 Å². The average molecular weight is 306 g/mol. The van der Waals surface area contributed by atoms with Crippen LogP contribution in [0.4, 0.5) is 0 Å². The molecule has 0 heterocycles. The molecule has 0 aromatic heterocycles. The minimum atomic E-state index is -1.38. The summed E-state index contributed by atoms with van der Waals surface area (Å²) >= 11 is 0. The fourth-order valence-corrected chi connectivity index (χ4v) is 6.39. The maximum atomic E-state index is 2.40. The summed E-state index contributed by atoms with van der Waals surface area (Å²) in [6.45, 7) is 2.23. The van der Waals surface area contributed by atoms with E-state index in [0.717, 1.165) is 12.8 Å². The number of hydrogen-bond acceptors (Lipinski definition) is 0. The zero-order valence-corrected chi connectivity index (χ0v) is 14.2. The van der Waals surface area contributed by atoms with E-state index in [1.165, 1.54) is 16.2 Å². The molecule has 3 rings (SSSR count). The molecule has 0 atom stereocenters. The van der Waals surface area contributed by atoms with Crippen molar-refractivity contribution in [2.75, 3.05) is 0 Å². The second kappa shape index (κ2) is 7.38. The maximum absolute atomic E-state index is 2.40. The van der Waals surface area contributed by atoms with Crippen molar-refractivity contribution >= 4 is 18.5 Å². The zero-order chi connectivity index (χ0) is 15.2. The van der Waals surface area contributed by atoms with Crippen LogP contribution in [0.25, 0.3) is 0 Å². The Balaban J connectivity index is 2.12. The van der Waals surface area contributed by atoms with Crippen LogP contribution in [-0.2, 0) is 0 Å². The Labute approximate surface area is 134 Å². The van der Waals surface area contributed by atoms with Crippen molar-refractivity contribution in [1.29, 1.82) is 0 Å². The third kappa shape index (κ3) is 3.29. The summed E-state index contributed by atoms with van der Waals surface area (Å²) in [7, 11) is -1.38. The Morgan fingerprint density at radius 2 is 1.50 bits per heavy atom. The second-order valence-electron chi connectivity index (χ2n) is 5.65. The molecule has 0 saturated heterocycles. The Hall–Kier alpha value is -1.91. The molecule has 1 aliphatic rings. The van der Waals surface area contributed by atoms with Gasteiger partial charge in [-0.15, -0.1) is 0 Å². The molecular weight excluding hydrogens is 283 g/mol. The summed E-state index contributed by atoms with van der Waals surface area (Å²) in [6, 6.07) is 22.1. The van der Waals surface area contributed by atoms with Crippen LogP contribution in [-0.4, -0.2) is 0 Å². The van der Waals surface area contributed by atoms with Crippen LogP contribution in [0.5, 0.6) is 0 Å². The Morgan fingerprint density at radius 1 is 0.909 bits per heavy atom. The summed E-state index contributed by atoms with van der Waals surface area (Å²) in [5.41, 5.74) is 1.52. The fourth-order valence-electron chi connectivity index (χ4n) is 3.16. The molecule has 0 amide bonds. The van der Waals surface area contributed by atoms with Gasteiger partial charge in [0.1, 0.15) is 0 Å². The van der Waals surface area contributed by atoms with Gasteiger partial charge < -0.3 is 0 Å². The van der Waals surface area contributed by atoms with E-state index in [-0.39, 0.29) is 0 Å². The van der Waals surface area contributed by atoms with Crippen LogP contribution >= 0.6 is 7.92 Å². The molecule has 1 aliphatic carbocycles. The average Bonchev–Trinajstić information content (AvgIpc) is 2.59. The summed E-state index contributed by atoms with van der Waals surface area (Å²) in [5.74, 6) is 0.